The van der Waals surface area contributed by atoms with Crippen molar-refractivity contribution in [1.29, 1.82) is 5.26 Å². The van der Waals surface area contributed by atoms with Gasteiger partial charge in [-0.15, -0.1) is 0 Å². The van der Waals surface area contributed by atoms with Crippen LogP contribution in [0.15, 0.2) is 12.1 Å². The molecule has 1 aromatic carbocycles. The predicted molar refractivity (Wildman–Crippen MR) is 89.3 cm³/mol. The van der Waals surface area contributed by atoms with Crippen molar-refractivity contribution in [2.24, 2.45) is 0 Å². The van der Waals surface area contributed by atoms with Crippen molar-refractivity contribution in [3.63, 3.8) is 0 Å². The largest absolute Gasteiger partial charge is 0.493 e. The van der Waals surface area contributed by atoms with Gasteiger partial charge in [0.05, 0.1) is 44.2 Å². The molecule has 24 heavy (non-hydrogen) atoms. The molecule has 0 unspecified atom stereocenters. The van der Waals surface area contributed by atoms with Crippen molar-refractivity contribution >= 4 is 11.6 Å². The summed E-state index contributed by atoms with van der Waals surface area (Å²) in [5.41, 5.74) is 0.735. The summed E-state index contributed by atoms with van der Waals surface area (Å²) >= 11 is 0. The van der Waals surface area contributed by atoms with Gasteiger partial charge in [-0.2, -0.15) is 5.26 Å². The maximum Gasteiger partial charge on any atom is 0.238 e. The van der Waals surface area contributed by atoms with Crippen LogP contribution in [-0.2, 0) is 9.53 Å². The number of nitrogens with one attached hydrogen (secondary N) is 1. The van der Waals surface area contributed by atoms with Gasteiger partial charge in [-0.05, 0) is 13.8 Å². The van der Waals surface area contributed by atoms with Crippen LogP contribution < -0.4 is 14.8 Å². The van der Waals surface area contributed by atoms with Crippen LogP contribution >= 0.6 is 0 Å². The maximum atomic E-state index is 12.3. The number of amides is 1. The van der Waals surface area contributed by atoms with Crippen molar-refractivity contribution < 1.29 is 19.0 Å². The van der Waals surface area contributed by atoms with Gasteiger partial charge in [0.25, 0.3) is 0 Å². The Balaban J connectivity index is 2.09. The number of carbonyl (C=O) groups is 1. The Morgan fingerprint density at radius 2 is 1.88 bits per heavy atom. The lowest BCUT2D eigenvalue weighted by atomic mass is 10.1. The molecule has 7 nitrogen and oxygen atoms in total. The normalized spacial score (nSPS) is 21.0. The summed E-state index contributed by atoms with van der Waals surface area (Å²) in [6.07, 6.45) is 0.189. The van der Waals surface area contributed by atoms with Gasteiger partial charge in [0, 0.05) is 25.2 Å². The van der Waals surface area contributed by atoms with Crippen LogP contribution in [0.1, 0.15) is 19.4 Å². The Morgan fingerprint density at radius 3 is 2.42 bits per heavy atom. The van der Waals surface area contributed by atoms with E-state index in [-0.39, 0.29) is 24.7 Å². The molecule has 2 atom stereocenters. The average molecular weight is 333 g/mol. The van der Waals surface area contributed by atoms with E-state index in [2.05, 4.69) is 11.4 Å². The molecule has 1 saturated heterocycles. The molecule has 0 aromatic heterocycles. The molecule has 0 aliphatic carbocycles. The summed E-state index contributed by atoms with van der Waals surface area (Å²) in [4.78, 5) is 14.4. The highest BCUT2D eigenvalue weighted by Gasteiger charge is 2.24. The number of ether oxygens (including phenoxy) is 3. The van der Waals surface area contributed by atoms with Crippen LogP contribution in [0.25, 0.3) is 0 Å². The molecule has 0 bridgehead atoms. The minimum Gasteiger partial charge on any atom is -0.493 e. The van der Waals surface area contributed by atoms with Crippen LogP contribution in [0.3, 0.4) is 0 Å². The average Bonchev–Trinajstić information content (AvgIpc) is 2.53. The van der Waals surface area contributed by atoms with Crippen molar-refractivity contribution in [3.8, 4) is 17.6 Å². The molecule has 1 aliphatic heterocycles. The third kappa shape index (κ3) is 4.37. The Kier molecular flexibility index (Phi) is 6.01. The molecule has 0 spiro atoms. The van der Waals surface area contributed by atoms with Gasteiger partial charge in [-0.25, -0.2) is 0 Å². The summed E-state index contributed by atoms with van der Waals surface area (Å²) < 4.78 is 16.1. The first-order chi connectivity index (χ1) is 11.5. The van der Waals surface area contributed by atoms with Crippen LogP contribution in [0, 0.1) is 11.3 Å². The van der Waals surface area contributed by atoms with Gasteiger partial charge in [0.1, 0.15) is 6.07 Å². The van der Waals surface area contributed by atoms with Crippen molar-refractivity contribution in [2.45, 2.75) is 26.1 Å². The van der Waals surface area contributed by atoms with Gasteiger partial charge >= 0.3 is 0 Å². The van der Waals surface area contributed by atoms with Gasteiger partial charge in [-0.3, -0.25) is 9.69 Å². The maximum absolute atomic E-state index is 12.3. The Hall–Kier alpha value is -2.30. The number of carbonyl (C=O) groups excluding carboxylic acids is 1. The van der Waals surface area contributed by atoms with Crippen LogP contribution in [-0.4, -0.2) is 56.9 Å². The van der Waals surface area contributed by atoms with Crippen LogP contribution in [0.4, 0.5) is 5.69 Å². The Bertz CT molecular complexity index is 631. The lowest BCUT2D eigenvalue weighted by molar-refractivity contribution is -0.121. The number of methoxy groups -OCH3 is 2. The highest BCUT2D eigenvalue weighted by atomic mass is 16.5. The monoisotopic (exact) mass is 333 g/mol. The minimum atomic E-state index is -0.181. The minimum absolute atomic E-state index is 0.0947. The van der Waals surface area contributed by atoms with E-state index >= 15 is 0 Å². The second-order valence-corrected chi connectivity index (χ2v) is 5.86. The number of benzene rings is 1. The fraction of sp³-hybridized carbons (Fsp3) is 0.529. The van der Waals surface area contributed by atoms with E-state index in [4.69, 9.17) is 14.2 Å². The number of nitrogens with zero attached hydrogens (tertiary/aromatic N) is 2. The van der Waals surface area contributed by atoms with Gasteiger partial charge in [-0.1, -0.05) is 0 Å². The molecular formula is C17H23N3O4. The number of hydrogen-bond donors (Lipinski definition) is 1. The summed E-state index contributed by atoms with van der Waals surface area (Å²) in [7, 11) is 3.00. The highest BCUT2D eigenvalue weighted by molar-refractivity contribution is 5.94. The molecule has 1 heterocycles. The summed E-state index contributed by atoms with van der Waals surface area (Å²) in [6, 6.07) is 5.21. The molecular weight excluding hydrogens is 310 g/mol. The zero-order chi connectivity index (χ0) is 17.7. The topological polar surface area (TPSA) is 83.8 Å². The quantitative estimate of drug-likeness (QED) is 0.881. The second kappa shape index (κ2) is 7.99. The Morgan fingerprint density at radius 1 is 1.29 bits per heavy atom. The van der Waals surface area contributed by atoms with Gasteiger partial charge in [0.2, 0.25) is 5.91 Å². The molecule has 1 amide bonds. The molecule has 7 heteroatoms. The SMILES string of the molecule is COc1cc(C#N)c(NC(=O)CN2C[C@H](C)O[C@@H](C)C2)cc1OC. The summed E-state index contributed by atoms with van der Waals surface area (Å²) in [5, 5.41) is 12.1. The number of rotatable bonds is 5. The first-order valence-electron chi connectivity index (χ1n) is 7.80. The van der Waals surface area contributed by atoms with E-state index in [9.17, 15) is 10.1 Å². The molecule has 0 radical (unpaired) electrons. The second-order valence-electron chi connectivity index (χ2n) is 5.86. The van der Waals surface area contributed by atoms with Crippen molar-refractivity contribution in [2.75, 3.05) is 39.2 Å². The fourth-order valence-corrected chi connectivity index (χ4v) is 2.88. The molecule has 0 saturated carbocycles. The molecule has 1 aromatic rings. The number of morpholine rings is 1. The molecule has 2 rings (SSSR count). The third-order valence-corrected chi connectivity index (χ3v) is 3.78. The van der Waals surface area contributed by atoms with Crippen LogP contribution in [0.5, 0.6) is 11.5 Å². The van der Waals surface area contributed by atoms with E-state index in [0.29, 0.717) is 35.8 Å². The van der Waals surface area contributed by atoms with E-state index in [1.165, 1.54) is 14.2 Å². The molecule has 1 aliphatic rings. The van der Waals surface area contributed by atoms with E-state index in [0.717, 1.165) is 0 Å². The lowest BCUT2D eigenvalue weighted by Crippen LogP contribution is -2.48. The van der Waals surface area contributed by atoms with E-state index in [1.807, 2.05) is 18.7 Å². The standard InChI is InChI=1S/C17H23N3O4/c1-11-8-20(9-12(2)24-11)10-17(21)19-14-6-16(23-4)15(22-3)5-13(14)7-18/h5-6,11-12H,8-10H2,1-4H3,(H,19,21)/t11-,12-/m0/s1. The third-order valence-electron chi connectivity index (χ3n) is 3.78. The molecule has 130 valence electrons. The van der Waals surface area contributed by atoms with E-state index in [1.54, 1.807) is 12.1 Å². The lowest BCUT2D eigenvalue weighted by Gasteiger charge is -2.34. The van der Waals surface area contributed by atoms with Crippen molar-refractivity contribution in [1.82, 2.24) is 4.90 Å². The zero-order valence-electron chi connectivity index (χ0n) is 14.5. The molecule has 1 fully saturated rings. The molecule has 1 N–H and O–H groups in total. The first kappa shape index (κ1) is 18.0. The number of anilines is 1. The summed E-state index contributed by atoms with van der Waals surface area (Å²) in [5.74, 6) is 0.725. The Labute approximate surface area is 142 Å². The highest BCUT2D eigenvalue weighted by Crippen LogP contribution is 2.33. The summed E-state index contributed by atoms with van der Waals surface area (Å²) in [6.45, 7) is 5.63. The smallest absolute Gasteiger partial charge is 0.238 e. The zero-order valence-corrected chi connectivity index (χ0v) is 14.5. The first-order valence-corrected chi connectivity index (χ1v) is 7.80. The fourth-order valence-electron chi connectivity index (χ4n) is 2.88. The van der Waals surface area contributed by atoms with Crippen LogP contribution in [0.2, 0.25) is 0 Å². The van der Waals surface area contributed by atoms with E-state index < -0.39 is 0 Å². The number of hydrogen-bond acceptors (Lipinski definition) is 6. The number of nitriles is 1. The van der Waals surface area contributed by atoms with Crippen molar-refractivity contribution in [3.05, 3.63) is 17.7 Å². The van der Waals surface area contributed by atoms with Gasteiger partial charge in [0.15, 0.2) is 11.5 Å². The van der Waals surface area contributed by atoms with Gasteiger partial charge < -0.3 is 19.5 Å². The predicted octanol–water partition coefficient (Wildman–Crippen LogP) is 1.62.